The number of benzene rings is 1. The lowest BCUT2D eigenvalue weighted by molar-refractivity contribution is -0.385. The smallest absolute Gasteiger partial charge is 0.287 e. The molecular weight excluding hydrogens is 246 g/mol. The summed E-state index contributed by atoms with van der Waals surface area (Å²) in [6.07, 6.45) is 1.17. The Morgan fingerprint density at radius 1 is 1.26 bits per heavy atom. The lowest BCUT2D eigenvalue weighted by atomic mass is 10.2. The second kappa shape index (κ2) is 5.92. The molecule has 1 N–H and O–H groups in total. The topological polar surface area (TPSA) is 77.3 Å². The molecule has 0 aliphatic heterocycles. The molecule has 19 heavy (non-hydrogen) atoms. The molecular formula is C13H13N3O3. The first kappa shape index (κ1) is 13.0. The number of aromatic nitrogens is 1. The van der Waals surface area contributed by atoms with Crippen molar-refractivity contribution in [3.05, 3.63) is 58.3 Å². The minimum atomic E-state index is -0.497. The zero-order chi connectivity index (χ0) is 13.7. The average molecular weight is 259 g/mol. The van der Waals surface area contributed by atoms with Crippen molar-refractivity contribution in [2.24, 2.45) is 0 Å². The van der Waals surface area contributed by atoms with E-state index in [0.29, 0.717) is 11.6 Å². The minimum absolute atomic E-state index is 0.0586. The molecule has 1 aromatic carbocycles. The zero-order valence-electron chi connectivity index (χ0n) is 10.4. The highest BCUT2D eigenvalue weighted by Gasteiger charge is 2.06. The number of nitro groups is 1. The van der Waals surface area contributed by atoms with Crippen LogP contribution < -0.4 is 10.1 Å². The summed E-state index contributed by atoms with van der Waals surface area (Å²) in [4.78, 5) is 13.9. The molecule has 0 aliphatic carbocycles. The van der Waals surface area contributed by atoms with Crippen LogP contribution in [0, 0.1) is 10.1 Å². The van der Waals surface area contributed by atoms with Crippen molar-refractivity contribution in [3.63, 3.8) is 0 Å². The van der Waals surface area contributed by atoms with E-state index in [2.05, 4.69) is 10.3 Å². The van der Waals surface area contributed by atoms with Gasteiger partial charge in [-0.25, -0.2) is 4.98 Å². The van der Waals surface area contributed by atoms with Gasteiger partial charge in [0.2, 0.25) is 5.88 Å². The first-order chi connectivity index (χ1) is 9.19. The third-order valence-corrected chi connectivity index (χ3v) is 2.46. The van der Waals surface area contributed by atoms with Gasteiger partial charge < -0.3 is 10.1 Å². The maximum atomic E-state index is 10.5. The van der Waals surface area contributed by atoms with Crippen molar-refractivity contribution in [3.8, 4) is 11.6 Å². The molecule has 0 spiro atoms. The first-order valence-corrected chi connectivity index (χ1v) is 5.71. The van der Waals surface area contributed by atoms with Crippen LogP contribution in [0.2, 0.25) is 0 Å². The van der Waals surface area contributed by atoms with E-state index >= 15 is 0 Å². The highest BCUT2D eigenvalue weighted by molar-refractivity contribution is 5.33. The lowest BCUT2D eigenvalue weighted by Gasteiger charge is -2.05. The van der Waals surface area contributed by atoms with Gasteiger partial charge in [-0.05, 0) is 24.7 Å². The van der Waals surface area contributed by atoms with E-state index in [9.17, 15) is 10.1 Å². The maximum absolute atomic E-state index is 10.5. The Hall–Kier alpha value is -2.47. The zero-order valence-corrected chi connectivity index (χ0v) is 10.4. The molecule has 0 radical (unpaired) electrons. The Morgan fingerprint density at radius 3 is 2.53 bits per heavy atom. The monoisotopic (exact) mass is 259 g/mol. The van der Waals surface area contributed by atoms with Crippen LogP contribution in [0.3, 0.4) is 0 Å². The van der Waals surface area contributed by atoms with Crippen molar-refractivity contribution in [2.75, 3.05) is 7.05 Å². The average Bonchev–Trinajstić information content (AvgIpc) is 2.42. The van der Waals surface area contributed by atoms with E-state index in [1.165, 1.54) is 18.3 Å². The van der Waals surface area contributed by atoms with Gasteiger partial charge in [0, 0.05) is 18.7 Å². The SMILES string of the molecule is CNCc1ccc(Oc2ccc([N+](=O)[O-])cn2)cc1. The number of nitrogens with zero attached hydrogens (tertiary/aromatic N) is 2. The molecule has 2 aromatic rings. The molecule has 6 heteroatoms. The largest absolute Gasteiger partial charge is 0.439 e. The van der Waals surface area contributed by atoms with Crippen LogP contribution >= 0.6 is 0 Å². The molecule has 1 aromatic heterocycles. The van der Waals surface area contributed by atoms with Gasteiger partial charge in [0.25, 0.3) is 5.69 Å². The lowest BCUT2D eigenvalue weighted by Crippen LogP contribution is -2.04. The molecule has 0 atom stereocenters. The summed E-state index contributed by atoms with van der Waals surface area (Å²) in [5.41, 5.74) is 1.09. The summed E-state index contributed by atoms with van der Waals surface area (Å²) >= 11 is 0. The van der Waals surface area contributed by atoms with E-state index in [1.807, 2.05) is 31.3 Å². The van der Waals surface area contributed by atoms with E-state index in [1.54, 1.807) is 0 Å². The summed E-state index contributed by atoms with van der Waals surface area (Å²) in [5, 5.41) is 13.5. The van der Waals surface area contributed by atoms with Crippen LogP contribution in [-0.4, -0.2) is 17.0 Å². The number of ether oxygens (including phenoxy) is 1. The van der Waals surface area contributed by atoms with Gasteiger partial charge in [-0.15, -0.1) is 0 Å². The quantitative estimate of drug-likeness (QED) is 0.659. The first-order valence-electron chi connectivity index (χ1n) is 5.71. The van der Waals surface area contributed by atoms with Crippen molar-refractivity contribution < 1.29 is 9.66 Å². The third-order valence-electron chi connectivity index (χ3n) is 2.46. The molecule has 0 bridgehead atoms. The Labute approximate surface area is 110 Å². The van der Waals surface area contributed by atoms with Crippen LogP contribution in [-0.2, 0) is 6.54 Å². The van der Waals surface area contributed by atoms with E-state index in [4.69, 9.17) is 4.74 Å². The van der Waals surface area contributed by atoms with Gasteiger partial charge in [-0.3, -0.25) is 10.1 Å². The Balaban J connectivity index is 2.06. The van der Waals surface area contributed by atoms with Crippen LogP contribution in [0.5, 0.6) is 11.6 Å². The van der Waals surface area contributed by atoms with Crippen molar-refractivity contribution in [1.29, 1.82) is 0 Å². The number of pyridine rings is 1. The van der Waals surface area contributed by atoms with Gasteiger partial charge in [0.05, 0.1) is 4.92 Å². The Morgan fingerprint density at radius 2 is 2.00 bits per heavy atom. The summed E-state index contributed by atoms with van der Waals surface area (Å²) in [5.74, 6) is 0.966. The second-order valence-electron chi connectivity index (χ2n) is 3.89. The molecule has 0 aliphatic rings. The maximum Gasteiger partial charge on any atom is 0.287 e. The number of nitrogens with one attached hydrogen (secondary N) is 1. The molecule has 0 saturated heterocycles. The van der Waals surface area contributed by atoms with Crippen LogP contribution in [0.1, 0.15) is 5.56 Å². The highest BCUT2D eigenvalue weighted by Crippen LogP contribution is 2.21. The summed E-state index contributed by atoms with van der Waals surface area (Å²) in [6.45, 7) is 0.788. The molecule has 98 valence electrons. The standard InChI is InChI=1S/C13H13N3O3/c1-14-8-10-2-5-12(6-3-10)19-13-7-4-11(9-15-13)16(17)18/h2-7,9,14H,8H2,1H3. The van der Waals surface area contributed by atoms with E-state index < -0.39 is 4.92 Å². The fourth-order valence-corrected chi connectivity index (χ4v) is 1.54. The highest BCUT2D eigenvalue weighted by atomic mass is 16.6. The normalized spacial score (nSPS) is 10.2. The molecule has 0 unspecified atom stereocenters. The number of hydrogen-bond donors (Lipinski definition) is 1. The predicted octanol–water partition coefficient (Wildman–Crippen LogP) is 2.50. The molecule has 0 saturated carbocycles. The fraction of sp³-hybridized carbons (Fsp3) is 0.154. The number of hydrogen-bond acceptors (Lipinski definition) is 5. The van der Waals surface area contributed by atoms with Crippen LogP contribution in [0.25, 0.3) is 0 Å². The van der Waals surface area contributed by atoms with Gasteiger partial charge in [-0.2, -0.15) is 0 Å². The summed E-state index contributed by atoms with van der Waals surface area (Å²) in [7, 11) is 1.88. The minimum Gasteiger partial charge on any atom is -0.439 e. The fourth-order valence-electron chi connectivity index (χ4n) is 1.54. The molecule has 2 rings (SSSR count). The summed E-state index contributed by atoms with van der Waals surface area (Å²) in [6, 6.07) is 10.4. The van der Waals surface area contributed by atoms with Crippen molar-refractivity contribution in [2.45, 2.75) is 6.54 Å². The second-order valence-corrected chi connectivity index (χ2v) is 3.89. The number of rotatable bonds is 5. The Bertz CT molecular complexity index is 552. The molecule has 0 fully saturated rings. The molecule has 1 heterocycles. The summed E-state index contributed by atoms with van der Waals surface area (Å²) < 4.78 is 5.49. The van der Waals surface area contributed by atoms with Gasteiger partial charge in [0.15, 0.2) is 0 Å². The van der Waals surface area contributed by atoms with Crippen molar-refractivity contribution in [1.82, 2.24) is 10.3 Å². The van der Waals surface area contributed by atoms with Gasteiger partial charge in [-0.1, -0.05) is 12.1 Å². The van der Waals surface area contributed by atoms with E-state index in [-0.39, 0.29) is 5.69 Å². The van der Waals surface area contributed by atoms with Crippen LogP contribution in [0.4, 0.5) is 5.69 Å². The van der Waals surface area contributed by atoms with Gasteiger partial charge >= 0.3 is 0 Å². The Kier molecular flexibility index (Phi) is 4.04. The third kappa shape index (κ3) is 3.49. The van der Waals surface area contributed by atoms with Crippen LogP contribution in [0.15, 0.2) is 42.6 Å². The van der Waals surface area contributed by atoms with Gasteiger partial charge in [0.1, 0.15) is 11.9 Å². The van der Waals surface area contributed by atoms with Crippen molar-refractivity contribution >= 4 is 5.69 Å². The molecule has 0 amide bonds. The predicted molar refractivity (Wildman–Crippen MR) is 70.2 cm³/mol. The molecule has 6 nitrogen and oxygen atoms in total. The van der Waals surface area contributed by atoms with E-state index in [0.717, 1.165) is 12.1 Å².